The van der Waals surface area contributed by atoms with Crippen LogP contribution >= 0.6 is 0 Å². The lowest BCUT2D eigenvalue weighted by Gasteiger charge is -2.20. The molecule has 2 amide bonds. The number of hydrogen-bond donors (Lipinski definition) is 2. The minimum Gasteiger partial charge on any atom is -0.497 e. The Hall–Kier alpha value is -8.58. The minimum atomic E-state index is -1.13. The molecule has 0 saturated carbocycles. The van der Waals surface area contributed by atoms with Crippen LogP contribution < -0.4 is 24.8 Å². The fourth-order valence-electron chi connectivity index (χ4n) is 6.91. The number of rotatable bonds is 22. The monoisotopic (exact) mass is 928 g/mol. The van der Waals surface area contributed by atoms with Crippen LogP contribution in [0.2, 0.25) is 0 Å². The van der Waals surface area contributed by atoms with Gasteiger partial charge in [-0.05, 0) is 75.3 Å². The third kappa shape index (κ3) is 15.8. The lowest BCUT2D eigenvalue weighted by Crippen LogP contribution is -2.43. The van der Waals surface area contributed by atoms with E-state index in [4.69, 9.17) is 33.2 Å². The van der Waals surface area contributed by atoms with E-state index >= 15 is 0 Å². The van der Waals surface area contributed by atoms with Crippen molar-refractivity contribution in [1.29, 1.82) is 0 Å². The zero-order chi connectivity index (χ0) is 48.0. The molecule has 0 aliphatic heterocycles. The molecule has 0 heterocycles. The molecule has 13 nitrogen and oxygen atoms in total. The molecule has 0 aliphatic carbocycles. The molecule has 0 aromatic heterocycles. The Bertz CT molecular complexity index is 2700. The van der Waals surface area contributed by atoms with Crippen LogP contribution in [0.1, 0.15) is 38.9 Å². The van der Waals surface area contributed by atoms with Crippen molar-refractivity contribution in [1.82, 2.24) is 10.6 Å². The maximum Gasteiger partial charge on any atom is 0.408 e. The maximum absolute atomic E-state index is 13.7. The summed E-state index contributed by atoms with van der Waals surface area (Å²) in [6, 6.07) is 54.4. The summed E-state index contributed by atoms with van der Waals surface area (Å²) in [5, 5.41) is 5.38. The molecule has 0 aliphatic rings. The SMILES string of the molecule is COc1ccc(COc2ccc(CC(NC(=O)OCc3ccccc3)C(=O)OCc3ccccc3)cc2Oc2ccc(C[C@H](NC(=O)OCc3ccccc3)C(=O)OCc3ccccc3)cc2)cc1. The predicted molar refractivity (Wildman–Crippen MR) is 257 cm³/mol. The number of amides is 2. The van der Waals surface area contributed by atoms with Crippen LogP contribution in [-0.2, 0) is 74.4 Å². The Morgan fingerprint density at radius 1 is 0.391 bits per heavy atom. The van der Waals surface area contributed by atoms with E-state index in [0.29, 0.717) is 34.1 Å². The van der Waals surface area contributed by atoms with Gasteiger partial charge in [0.1, 0.15) is 56.6 Å². The minimum absolute atomic E-state index is 0.00341. The Balaban J connectivity index is 1.08. The molecule has 7 aromatic carbocycles. The second-order valence-corrected chi connectivity index (χ2v) is 15.8. The molecule has 13 heteroatoms. The van der Waals surface area contributed by atoms with Crippen molar-refractivity contribution in [3.63, 3.8) is 0 Å². The number of benzene rings is 7. The van der Waals surface area contributed by atoms with Gasteiger partial charge in [0.05, 0.1) is 7.11 Å². The first kappa shape index (κ1) is 48.4. The van der Waals surface area contributed by atoms with E-state index in [-0.39, 0.29) is 45.9 Å². The zero-order valence-corrected chi connectivity index (χ0v) is 38.0. The maximum atomic E-state index is 13.7. The van der Waals surface area contributed by atoms with Crippen molar-refractivity contribution in [3.8, 4) is 23.0 Å². The Morgan fingerprint density at radius 2 is 0.768 bits per heavy atom. The van der Waals surface area contributed by atoms with Crippen molar-refractivity contribution in [2.45, 2.75) is 58.0 Å². The highest BCUT2D eigenvalue weighted by Gasteiger charge is 2.26. The largest absolute Gasteiger partial charge is 0.497 e. The lowest BCUT2D eigenvalue weighted by molar-refractivity contribution is -0.148. The second-order valence-electron chi connectivity index (χ2n) is 15.8. The van der Waals surface area contributed by atoms with Gasteiger partial charge >= 0.3 is 24.1 Å². The quantitative estimate of drug-likeness (QED) is 0.0493. The highest BCUT2D eigenvalue weighted by Crippen LogP contribution is 2.34. The first-order chi connectivity index (χ1) is 33.8. The first-order valence-corrected chi connectivity index (χ1v) is 22.3. The van der Waals surface area contributed by atoms with Crippen LogP contribution in [0.3, 0.4) is 0 Å². The van der Waals surface area contributed by atoms with E-state index in [0.717, 1.165) is 27.8 Å². The van der Waals surface area contributed by atoms with Crippen molar-refractivity contribution >= 4 is 24.1 Å². The van der Waals surface area contributed by atoms with Gasteiger partial charge in [0.25, 0.3) is 0 Å². The van der Waals surface area contributed by atoms with E-state index in [2.05, 4.69) is 10.6 Å². The van der Waals surface area contributed by atoms with Crippen molar-refractivity contribution in [3.05, 3.63) is 227 Å². The molecule has 2 atom stereocenters. The number of ether oxygens (including phenoxy) is 7. The molecule has 7 aromatic rings. The van der Waals surface area contributed by atoms with Gasteiger partial charge in [-0.1, -0.05) is 152 Å². The Labute approximate surface area is 400 Å². The summed E-state index contributed by atoms with van der Waals surface area (Å²) in [4.78, 5) is 53.3. The van der Waals surface area contributed by atoms with Gasteiger partial charge in [-0.3, -0.25) is 0 Å². The molecule has 2 N–H and O–H groups in total. The van der Waals surface area contributed by atoms with Gasteiger partial charge in [0.15, 0.2) is 11.5 Å². The van der Waals surface area contributed by atoms with Crippen LogP contribution in [0.4, 0.5) is 9.59 Å². The Morgan fingerprint density at radius 3 is 1.22 bits per heavy atom. The zero-order valence-electron chi connectivity index (χ0n) is 38.0. The number of methoxy groups -OCH3 is 1. The van der Waals surface area contributed by atoms with Crippen LogP contribution in [0.5, 0.6) is 23.0 Å². The van der Waals surface area contributed by atoms with Gasteiger partial charge in [-0.25, -0.2) is 19.2 Å². The summed E-state index contributed by atoms with van der Waals surface area (Å²) in [6.45, 7) is 0.254. The second kappa shape index (κ2) is 25.4. The van der Waals surface area contributed by atoms with Gasteiger partial charge in [-0.15, -0.1) is 0 Å². The molecule has 352 valence electrons. The standard InChI is InChI=1S/C56H52N2O11/c1-63-47-27-24-45(25-28-47)35-64-51-31-26-46(33-50(54(60)66-37-42-16-8-3-9-17-42)58-56(62)68-39-44-20-12-5-13-21-44)34-52(51)69-48-29-22-40(23-30-48)32-49(53(59)65-36-41-14-6-2-7-15-41)57-55(61)67-38-43-18-10-4-11-19-43/h2-31,34,49-50H,32-33,35-39H2,1H3,(H,57,61)(H,58,62)/t49-,50?/m0/s1. The summed E-state index contributed by atoms with van der Waals surface area (Å²) >= 11 is 0. The topological polar surface area (TPSA) is 157 Å². The van der Waals surface area contributed by atoms with Gasteiger partial charge in [-0.2, -0.15) is 0 Å². The molecule has 1 unspecified atom stereocenters. The molecule has 0 saturated heterocycles. The summed E-state index contributed by atoms with van der Waals surface area (Å²) < 4.78 is 40.3. The third-order valence-corrected chi connectivity index (χ3v) is 10.6. The molecular weight excluding hydrogens is 877 g/mol. The summed E-state index contributed by atoms with van der Waals surface area (Å²) in [5.41, 5.74) is 5.35. The third-order valence-electron chi connectivity index (χ3n) is 10.6. The Kier molecular flexibility index (Phi) is 17.8. The average molecular weight is 929 g/mol. The molecule has 0 radical (unpaired) electrons. The van der Waals surface area contributed by atoms with E-state index in [9.17, 15) is 19.2 Å². The fourth-order valence-corrected chi connectivity index (χ4v) is 6.91. The number of carbonyl (C=O) groups is 4. The molecular formula is C56H52N2O11. The van der Waals surface area contributed by atoms with Crippen molar-refractivity contribution in [2.75, 3.05) is 7.11 Å². The molecule has 0 bridgehead atoms. The number of alkyl carbamates (subject to hydrolysis) is 2. The smallest absolute Gasteiger partial charge is 0.408 e. The molecule has 7 rings (SSSR count). The van der Waals surface area contributed by atoms with Gasteiger partial charge in [0.2, 0.25) is 0 Å². The van der Waals surface area contributed by atoms with Gasteiger partial charge in [0, 0.05) is 12.8 Å². The normalized spacial score (nSPS) is 11.5. The van der Waals surface area contributed by atoms with Crippen LogP contribution in [-0.4, -0.2) is 43.3 Å². The average Bonchev–Trinajstić information content (AvgIpc) is 3.39. The number of nitrogens with one attached hydrogen (secondary N) is 2. The van der Waals surface area contributed by atoms with E-state index in [1.807, 2.05) is 146 Å². The van der Waals surface area contributed by atoms with E-state index < -0.39 is 36.2 Å². The summed E-state index contributed by atoms with van der Waals surface area (Å²) in [6.07, 6.45) is -1.45. The highest BCUT2D eigenvalue weighted by atomic mass is 16.6. The fraction of sp³-hybridized carbons (Fsp3) is 0.179. The van der Waals surface area contributed by atoms with Crippen LogP contribution in [0.15, 0.2) is 188 Å². The highest BCUT2D eigenvalue weighted by molar-refractivity contribution is 5.82. The van der Waals surface area contributed by atoms with Crippen LogP contribution in [0.25, 0.3) is 0 Å². The molecule has 0 fully saturated rings. The number of hydrogen-bond acceptors (Lipinski definition) is 11. The van der Waals surface area contributed by atoms with E-state index in [1.165, 1.54) is 0 Å². The summed E-state index contributed by atoms with van der Waals surface area (Å²) in [7, 11) is 1.60. The van der Waals surface area contributed by atoms with Gasteiger partial charge < -0.3 is 43.8 Å². The number of carbonyl (C=O) groups excluding carboxylic acids is 4. The van der Waals surface area contributed by atoms with E-state index in [1.54, 1.807) is 49.6 Å². The molecule has 69 heavy (non-hydrogen) atoms. The predicted octanol–water partition coefficient (Wildman–Crippen LogP) is 10.2. The molecule has 0 spiro atoms. The summed E-state index contributed by atoms with van der Waals surface area (Å²) in [5.74, 6) is 0.560. The number of esters is 2. The first-order valence-electron chi connectivity index (χ1n) is 22.3. The lowest BCUT2D eigenvalue weighted by atomic mass is 10.0. The van der Waals surface area contributed by atoms with Crippen molar-refractivity contribution < 1.29 is 52.3 Å². The van der Waals surface area contributed by atoms with Crippen molar-refractivity contribution in [2.24, 2.45) is 0 Å². The van der Waals surface area contributed by atoms with Crippen LogP contribution in [0, 0.1) is 0 Å².